The number of hydrogen-bond donors (Lipinski definition) is 2. The summed E-state index contributed by atoms with van der Waals surface area (Å²) in [6, 6.07) is 7.94. The number of halogens is 3. The summed E-state index contributed by atoms with van der Waals surface area (Å²) in [6.45, 7) is -0.0213. The molecule has 2 aromatic carbocycles. The molecule has 0 aliphatic heterocycles. The van der Waals surface area contributed by atoms with Gasteiger partial charge in [0.1, 0.15) is 11.6 Å². The lowest BCUT2D eigenvalue weighted by Crippen LogP contribution is -2.06. The highest BCUT2D eigenvalue weighted by atomic mass is 79.9. The average molecular weight is 342 g/mol. The summed E-state index contributed by atoms with van der Waals surface area (Å²) in [6.07, 6.45) is 0. The van der Waals surface area contributed by atoms with E-state index in [1.54, 1.807) is 6.07 Å². The Morgan fingerprint density at radius 2 is 1.95 bits per heavy atom. The number of carboxylic acid groups (broad SMARTS) is 1. The van der Waals surface area contributed by atoms with E-state index >= 15 is 0 Å². The van der Waals surface area contributed by atoms with E-state index in [0.29, 0.717) is 4.47 Å². The van der Waals surface area contributed by atoms with E-state index in [4.69, 9.17) is 5.11 Å². The van der Waals surface area contributed by atoms with E-state index in [9.17, 15) is 13.6 Å². The molecule has 0 saturated heterocycles. The SMILES string of the molecule is O=C(O)c1ccc(F)c(CNc2c(F)cccc2Br)c1. The molecule has 0 aromatic heterocycles. The van der Waals surface area contributed by atoms with Crippen molar-refractivity contribution in [3.8, 4) is 0 Å². The second kappa shape index (κ2) is 6.00. The van der Waals surface area contributed by atoms with Gasteiger partial charge in [0.05, 0.1) is 11.3 Å². The molecule has 0 spiro atoms. The van der Waals surface area contributed by atoms with Crippen molar-refractivity contribution in [3.05, 3.63) is 63.6 Å². The van der Waals surface area contributed by atoms with Crippen LogP contribution in [0, 0.1) is 11.6 Å². The average Bonchev–Trinajstić information content (AvgIpc) is 2.39. The molecule has 0 saturated carbocycles. The Hall–Kier alpha value is -1.95. The van der Waals surface area contributed by atoms with E-state index in [-0.39, 0.29) is 23.4 Å². The summed E-state index contributed by atoms with van der Waals surface area (Å²) in [5.41, 5.74) is 0.337. The Morgan fingerprint density at radius 1 is 1.20 bits per heavy atom. The largest absolute Gasteiger partial charge is 0.478 e. The van der Waals surface area contributed by atoms with Gasteiger partial charge in [-0.1, -0.05) is 6.07 Å². The second-order valence-corrected chi connectivity index (χ2v) is 4.92. The molecule has 2 rings (SSSR count). The van der Waals surface area contributed by atoms with Crippen molar-refractivity contribution in [2.75, 3.05) is 5.32 Å². The minimum Gasteiger partial charge on any atom is -0.478 e. The van der Waals surface area contributed by atoms with Gasteiger partial charge in [0.15, 0.2) is 0 Å². The number of benzene rings is 2. The molecule has 20 heavy (non-hydrogen) atoms. The molecule has 0 unspecified atom stereocenters. The van der Waals surface area contributed by atoms with Crippen molar-refractivity contribution in [2.24, 2.45) is 0 Å². The minimum atomic E-state index is -1.14. The van der Waals surface area contributed by atoms with Crippen LogP contribution in [0.5, 0.6) is 0 Å². The van der Waals surface area contributed by atoms with Crippen molar-refractivity contribution in [1.29, 1.82) is 0 Å². The van der Waals surface area contributed by atoms with Crippen LogP contribution in [0.1, 0.15) is 15.9 Å². The van der Waals surface area contributed by atoms with E-state index in [1.807, 2.05) is 0 Å². The van der Waals surface area contributed by atoms with Crippen molar-refractivity contribution in [1.82, 2.24) is 0 Å². The van der Waals surface area contributed by atoms with Gasteiger partial charge in [-0.3, -0.25) is 0 Å². The Labute approximate surface area is 122 Å². The number of carbonyl (C=O) groups is 1. The number of anilines is 1. The standard InChI is InChI=1S/C14H10BrF2NO2/c15-10-2-1-3-12(17)13(10)18-7-9-6-8(14(19)20)4-5-11(9)16/h1-6,18H,7H2,(H,19,20). The molecular formula is C14H10BrF2NO2. The van der Waals surface area contributed by atoms with Crippen molar-refractivity contribution >= 4 is 27.6 Å². The van der Waals surface area contributed by atoms with Gasteiger partial charge < -0.3 is 10.4 Å². The molecule has 0 amide bonds. The number of nitrogens with one attached hydrogen (secondary N) is 1. The molecular weight excluding hydrogens is 332 g/mol. The van der Waals surface area contributed by atoms with Gasteiger partial charge in [-0.25, -0.2) is 13.6 Å². The normalized spacial score (nSPS) is 10.3. The van der Waals surface area contributed by atoms with Crippen molar-refractivity contribution < 1.29 is 18.7 Å². The monoisotopic (exact) mass is 341 g/mol. The maximum Gasteiger partial charge on any atom is 0.335 e. The summed E-state index contributed by atoms with van der Waals surface area (Å²) < 4.78 is 27.7. The van der Waals surface area contributed by atoms with Gasteiger partial charge in [0, 0.05) is 16.6 Å². The fourth-order valence-electron chi connectivity index (χ4n) is 1.69. The topological polar surface area (TPSA) is 49.3 Å². The minimum absolute atomic E-state index is 0.0178. The van der Waals surface area contributed by atoms with Crippen LogP contribution in [0.4, 0.5) is 14.5 Å². The van der Waals surface area contributed by atoms with Crippen LogP contribution < -0.4 is 5.32 Å². The first-order valence-electron chi connectivity index (χ1n) is 5.68. The molecule has 0 aliphatic rings. The smallest absolute Gasteiger partial charge is 0.335 e. The first kappa shape index (κ1) is 14.5. The molecule has 2 N–H and O–H groups in total. The zero-order valence-corrected chi connectivity index (χ0v) is 11.7. The van der Waals surface area contributed by atoms with Gasteiger partial charge >= 0.3 is 5.97 Å². The molecule has 3 nitrogen and oxygen atoms in total. The van der Waals surface area contributed by atoms with Crippen LogP contribution in [0.3, 0.4) is 0 Å². The number of aromatic carboxylic acids is 1. The fraction of sp³-hybridized carbons (Fsp3) is 0.0714. The van der Waals surface area contributed by atoms with Crippen LogP contribution >= 0.6 is 15.9 Å². The summed E-state index contributed by atoms with van der Waals surface area (Å²) in [4.78, 5) is 10.8. The number of rotatable bonds is 4. The lowest BCUT2D eigenvalue weighted by molar-refractivity contribution is 0.0696. The van der Waals surface area contributed by atoms with E-state index in [1.165, 1.54) is 24.3 Å². The molecule has 104 valence electrons. The van der Waals surface area contributed by atoms with Crippen molar-refractivity contribution in [3.63, 3.8) is 0 Å². The second-order valence-electron chi connectivity index (χ2n) is 4.06. The third-order valence-electron chi connectivity index (χ3n) is 2.71. The van der Waals surface area contributed by atoms with Crippen LogP contribution in [0.25, 0.3) is 0 Å². The van der Waals surface area contributed by atoms with Crippen LogP contribution in [-0.4, -0.2) is 11.1 Å². The maximum atomic E-state index is 13.6. The van der Waals surface area contributed by atoms with Gasteiger partial charge in [-0.05, 0) is 46.3 Å². The number of carboxylic acids is 1. The molecule has 0 heterocycles. The highest BCUT2D eigenvalue weighted by molar-refractivity contribution is 9.10. The predicted molar refractivity (Wildman–Crippen MR) is 74.8 cm³/mol. The maximum absolute atomic E-state index is 13.6. The highest BCUT2D eigenvalue weighted by Gasteiger charge is 2.10. The quantitative estimate of drug-likeness (QED) is 0.882. The van der Waals surface area contributed by atoms with Crippen molar-refractivity contribution in [2.45, 2.75) is 6.54 Å². The van der Waals surface area contributed by atoms with Gasteiger partial charge in [0.2, 0.25) is 0 Å². The predicted octanol–water partition coefficient (Wildman–Crippen LogP) is 4.04. The van der Waals surface area contributed by atoms with Crippen LogP contribution in [-0.2, 0) is 6.54 Å². The molecule has 0 radical (unpaired) electrons. The number of para-hydroxylation sites is 1. The van der Waals surface area contributed by atoms with Gasteiger partial charge in [-0.2, -0.15) is 0 Å². The summed E-state index contributed by atoms with van der Waals surface area (Å²) in [5.74, 6) is -2.16. The first-order chi connectivity index (χ1) is 9.49. The molecule has 2 aromatic rings. The lowest BCUT2D eigenvalue weighted by atomic mass is 10.1. The Balaban J connectivity index is 2.23. The summed E-state index contributed by atoms with van der Waals surface area (Å²) in [7, 11) is 0. The number of hydrogen-bond acceptors (Lipinski definition) is 2. The summed E-state index contributed by atoms with van der Waals surface area (Å²) in [5, 5.41) is 11.6. The fourth-order valence-corrected chi connectivity index (χ4v) is 2.18. The molecule has 0 aliphatic carbocycles. The summed E-state index contributed by atoms with van der Waals surface area (Å²) >= 11 is 3.19. The van der Waals surface area contributed by atoms with Gasteiger partial charge in [-0.15, -0.1) is 0 Å². The first-order valence-corrected chi connectivity index (χ1v) is 6.48. The van der Waals surface area contributed by atoms with Gasteiger partial charge in [0.25, 0.3) is 0 Å². The molecule has 0 bridgehead atoms. The lowest BCUT2D eigenvalue weighted by Gasteiger charge is -2.10. The Bertz CT molecular complexity index is 641. The Kier molecular flexibility index (Phi) is 4.34. The van der Waals surface area contributed by atoms with Crippen LogP contribution in [0.15, 0.2) is 40.9 Å². The zero-order valence-electron chi connectivity index (χ0n) is 10.2. The molecule has 6 heteroatoms. The van der Waals surface area contributed by atoms with E-state index in [0.717, 1.165) is 6.07 Å². The third-order valence-corrected chi connectivity index (χ3v) is 3.37. The highest BCUT2D eigenvalue weighted by Crippen LogP contribution is 2.26. The molecule has 0 atom stereocenters. The third kappa shape index (κ3) is 3.14. The van der Waals surface area contributed by atoms with E-state index in [2.05, 4.69) is 21.2 Å². The van der Waals surface area contributed by atoms with E-state index < -0.39 is 17.6 Å². The van der Waals surface area contributed by atoms with Crippen LogP contribution in [0.2, 0.25) is 0 Å². The molecule has 0 fully saturated rings. The zero-order chi connectivity index (χ0) is 14.7. The Morgan fingerprint density at radius 3 is 2.60 bits per heavy atom.